The molecule has 0 aliphatic carbocycles. The van der Waals surface area contributed by atoms with Gasteiger partial charge in [0.2, 0.25) is 5.91 Å². The molecule has 1 unspecified atom stereocenters. The molecule has 1 heterocycles. The van der Waals surface area contributed by atoms with Gasteiger partial charge in [0.25, 0.3) is 5.91 Å². The number of ketones is 1. The zero-order valence-electron chi connectivity index (χ0n) is 19.9. The lowest BCUT2D eigenvalue weighted by molar-refractivity contribution is -0.155. The van der Waals surface area contributed by atoms with Crippen LogP contribution < -0.4 is 5.32 Å². The molecule has 1 saturated heterocycles. The second-order valence-corrected chi connectivity index (χ2v) is 9.36. The van der Waals surface area contributed by atoms with Crippen molar-refractivity contribution in [1.82, 2.24) is 4.90 Å². The number of morpholine rings is 1. The quantitative estimate of drug-likeness (QED) is 0.308. The zero-order chi connectivity index (χ0) is 26.2. The van der Waals surface area contributed by atoms with E-state index in [1.807, 2.05) is 30.3 Å². The minimum atomic E-state index is -0.852. The highest BCUT2D eigenvalue weighted by atomic mass is 79.9. The smallest absolute Gasteiger partial charge is 0.338 e. The van der Waals surface area contributed by atoms with Gasteiger partial charge in [-0.15, -0.1) is 0 Å². The molecule has 0 saturated carbocycles. The summed E-state index contributed by atoms with van der Waals surface area (Å²) >= 11 is 3.30. The van der Waals surface area contributed by atoms with E-state index in [4.69, 9.17) is 9.47 Å². The fourth-order valence-corrected chi connectivity index (χ4v) is 4.07. The van der Waals surface area contributed by atoms with Crippen molar-refractivity contribution in [1.29, 1.82) is 0 Å². The van der Waals surface area contributed by atoms with E-state index in [0.29, 0.717) is 30.9 Å². The Hall–Kier alpha value is -3.82. The van der Waals surface area contributed by atoms with Crippen molar-refractivity contribution in [2.24, 2.45) is 0 Å². The van der Waals surface area contributed by atoms with Gasteiger partial charge in [0.15, 0.2) is 12.4 Å². The molecule has 3 aromatic rings. The molecule has 0 radical (unpaired) electrons. The average molecular weight is 565 g/mol. The minimum Gasteiger partial charge on any atom is -0.454 e. The van der Waals surface area contributed by atoms with E-state index >= 15 is 0 Å². The molecule has 4 rings (SSSR count). The van der Waals surface area contributed by atoms with Gasteiger partial charge in [-0.1, -0.05) is 58.4 Å². The molecule has 0 bridgehead atoms. The highest BCUT2D eigenvalue weighted by Gasteiger charge is 2.31. The molecular formula is C28H25BrN2O6. The van der Waals surface area contributed by atoms with Crippen LogP contribution in [0.5, 0.6) is 0 Å². The van der Waals surface area contributed by atoms with Crippen LogP contribution in [0.2, 0.25) is 0 Å². The normalized spacial score (nSPS) is 15.2. The Kier molecular flexibility index (Phi) is 8.81. The summed E-state index contributed by atoms with van der Waals surface area (Å²) < 4.78 is 11.5. The summed E-state index contributed by atoms with van der Waals surface area (Å²) in [6.45, 7) is 0.916. The SMILES string of the molecule is O=C(CC1OCCN(Cc2ccccc2)C1=O)Nc1ccc(C(=O)OCC(=O)c2ccc(Br)cc2)cc1. The molecule has 3 aromatic carbocycles. The number of hydrogen-bond donors (Lipinski definition) is 1. The molecule has 37 heavy (non-hydrogen) atoms. The van der Waals surface area contributed by atoms with E-state index in [2.05, 4.69) is 21.2 Å². The minimum absolute atomic E-state index is 0.119. The highest BCUT2D eigenvalue weighted by Crippen LogP contribution is 2.17. The van der Waals surface area contributed by atoms with Gasteiger partial charge in [-0.3, -0.25) is 14.4 Å². The Bertz CT molecular complexity index is 1260. The monoisotopic (exact) mass is 564 g/mol. The fraction of sp³-hybridized carbons (Fsp3) is 0.214. The third-order valence-corrected chi connectivity index (χ3v) is 6.29. The molecule has 1 aliphatic rings. The van der Waals surface area contributed by atoms with Crippen molar-refractivity contribution >= 4 is 45.2 Å². The first kappa shape index (κ1) is 26.2. The third kappa shape index (κ3) is 7.34. The van der Waals surface area contributed by atoms with Crippen molar-refractivity contribution in [3.8, 4) is 0 Å². The van der Waals surface area contributed by atoms with Crippen LogP contribution >= 0.6 is 15.9 Å². The van der Waals surface area contributed by atoms with Crippen molar-refractivity contribution in [3.63, 3.8) is 0 Å². The Morgan fingerprint density at radius 1 is 0.946 bits per heavy atom. The largest absolute Gasteiger partial charge is 0.454 e. The van der Waals surface area contributed by atoms with E-state index in [9.17, 15) is 19.2 Å². The topological polar surface area (TPSA) is 102 Å². The maximum Gasteiger partial charge on any atom is 0.338 e. The summed E-state index contributed by atoms with van der Waals surface area (Å²) in [6.07, 6.45) is -0.971. The first-order chi connectivity index (χ1) is 17.9. The van der Waals surface area contributed by atoms with E-state index in [1.54, 1.807) is 41.3 Å². The molecule has 1 atom stereocenters. The maximum absolute atomic E-state index is 12.8. The fourth-order valence-electron chi connectivity index (χ4n) is 3.80. The molecule has 1 fully saturated rings. The molecule has 0 aromatic heterocycles. The Balaban J connectivity index is 1.25. The van der Waals surface area contributed by atoms with E-state index in [0.717, 1.165) is 10.0 Å². The number of rotatable bonds is 9. The first-order valence-corrected chi connectivity index (χ1v) is 12.5. The van der Waals surface area contributed by atoms with Crippen molar-refractivity contribution in [2.75, 3.05) is 25.1 Å². The van der Waals surface area contributed by atoms with Crippen LogP contribution in [0.1, 0.15) is 32.7 Å². The second kappa shape index (κ2) is 12.4. The van der Waals surface area contributed by atoms with Crippen LogP contribution in [-0.2, 0) is 25.6 Å². The predicted molar refractivity (Wildman–Crippen MR) is 140 cm³/mol. The van der Waals surface area contributed by atoms with Crippen LogP contribution in [0.4, 0.5) is 5.69 Å². The van der Waals surface area contributed by atoms with Gasteiger partial charge in [-0.25, -0.2) is 4.79 Å². The number of amides is 2. The van der Waals surface area contributed by atoms with Crippen molar-refractivity contribution in [2.45, 2.75) is 19.1 Å². The third-order valence-electron chi connectivity index (χ3n) is 5.76. The molecule has 1 aliphatic heterocycles. The van der Waals surface area contributed by atoms with Crippen molar-refractivity contribution < 1.29 is 28.7 Å². The number of carbonyl (C=O) groups is 4. The van der Waals surface area contributed by atoms with E-state index in [1.165, 1.54) is 12.1 Å². The molecule has 9 heteroatoms. The van der Waals surface area contributed by atoms with E-state index < -0.39 is 12.1 Å². The van der Waals surface area contributed by atoms with Gasteiger partial charge in [0.05, 0.1) is 18.6 Å². The van der Waals surface area contributed by atoms with Crippen LogP contribution in [-0.4, -0.2) is 54.3 Å². The van der Waals surface area contributed by atoms with Gasteiger partial charge in [0.1, 0.15) is 6.10 Å². The Morgan fingerprint density at radius 3 is 2.32 bits per heavy atom. The van der Waals surface area contributed by atoms with Gasteiger partial charge in [-0.05, 0) is 42.0 Å². The van der Waals surface area contributed by atoms with Gasteiger partial charge in [0, 0.05) is 28.8 Å². The molecule has 190 valence electrons. The summed E-state index contributed by atoms with van der Waals surface area (Å²) in [6, 6.07) is 22.5. The number of benzene rings is 3. The lowest BCUT2D eigenvalue weighted by Gasteiger charge is -2.32. The number of carbonyl (C=O) groups excluding carboxylic acids is 4. The zero-order valence-corrected chi connectivity index (χ0v) is 21.5. The van der Waals surface area contributed by atoms with Gasteiger partial charge >= 0.3 is 5.97 Å². The van der Waals surface area contributed by atoms with Crippen LogP contribution in [0.15, 0.2) is 83.3 Å². The number of anilines is 1. The number of ether oxygens (including phenoxy) is 2. The Morgan fingerprint density at radius 2 is 1.62 bits per heavy atom. The summed E-state index contributed by atoms with van der Waals surface area (Å²) in [5, 5.41) is 2.72. The Labute approximate surface area is 222 Å². The number of nitrogens with zero attached hydrogens (tertiary/aromatic N) is 1. The van der Waals surface area contributed by atoms with Crippen LogP contribution in [0.25, 0.3) is 0 Å². The second-order valence-electron chi connectivity index (χ2n) is 8.44. The molecule has 8 nitrogen and oxygen atoms in total. The summed E-state index contributed by atoms with van der Waals surface area (Å²) in [7, 11) is 0. The summed E-state index contributed by atoms with van der Waals surface area (Å²) in [5.41, 5.74) is 2.15. The maximum atomic E-state index is 12.8. The summed E-state index contributed by atoms with van der Waals surface area (Å²) in [5.74, 6) is -1.56. The number of hydrogen-bond acceptors (Lipinski definition) is 6. The van der Waals surface area contributed by atoms with Crippen molar-refractivity contribution in [3.05, 3.63) is 100 Å². The van der Waals surface area contributed by atoms with E-state index in [-0.39, 0.29) is 36.2 Å². The molecular weight excluding hydrogens is 540 g/mol. The lowest BCUT2D eigenvalue weighted by Crippen LogP contribution is -2.48. The first-order valence-electron chi connectivity index (χ1n) is 11.7. The lowest BCUT2D eigenvalue weighted by atomic mass is 10.1. The van der Waals surface area contributed by atoms with Gasteiger partial charge < -0.3 is 19.7 Å². The predicted octanol–water partition coefficient (Wildman–Crippen LogP) is 4.25. The van der Waals surface area contributed by atoms with Gasteiger partial charge in [-0.2, -0.15) is 0 Å². The van der Waals surface area contributed by atoms with Crippen LogP contribution in [0, 0.1) is 0 Å². The highest BCUT2D eigenvalue weighted by molar-refractivity contribution is 9.10. The number of Topliss-reactive ketones (excluding diaryl/α,β-unsaturated/α-hetero) is 1. The molecule has 2 amide bonds. The standard InChI is InChI=1S/C28H25BrN2O6/c29-22-10-6-20(7-11-22)24(32)18-37-28(35)21-8-12-23(13-9-21)30-26(33)16-25-27(34)31(14-15-36-25)17-19-4-2-1-3-5-19/h1-13,25H,14-18H2,(H,30,33). The number of esters is 1. The molecule has 0 spiro atoms. The number of halogens is 1. The number of nitrogens with one attached hydrogen (secondary N) is 1. The summed E-state index contributed by atoms with van der Waals surface area (Å²) in [4.78, 5) is 51.5. The average Bonchev–Trinajstić information content (AvgIpc) is 2.91. The van der Waals surface area contributed by atoms with Crippen LogP contribution in [0.3, 0.4) is 0 Å². The molecule has 1 N–H and O–H groups in total.